The Balaban J connectivity index is 2.39. The summed E-state index contributed by atoms with van der Waals surface area (Å²) >= 11 is 9.13. The van der Waals surface area contributed by atoms with Gasteiger partial charge in [0, 0.05) is 4.47 Å². The van der Waals surface area contributed by atoms with Crippen LogP contribution in [-0.4, -0.2) is 17.0 Å². The Morgan fingerprint density at radius 1 is 1.24 bits per heavy atom. The molecule has 0 radical (unpaired) electrons. The first-order valence-electron chi connectivity index (χ1n) is 5.68. The predicted molar refractivity (Wildman–Crippen MR) is 80.5 cm³/mol. The summed E-state index contributed by atoms with van der Waals surface area (Å²) in [6, 6.07) is 8.27. The lowest BCUT2D eigenvalue weighted by Crippen LogP contribution is -2.16. The SMILES string of the molecule is O=C(Nc1cccc(F)c1C(=O)O)c1cc(Br)ccc1Cl. The number of aromatic carboxylic acids is 1. The van der Waals surface area contributed by atoms with Gasteiger partial charge in [0.2, 0.25) is 0 Å². The highest BCUT2D eigenvalue weighted by atomic mass is 79.9. The summed E-state index contributed by atoms with van der Waals surface area (Å²) in [4.78, 5) is 23.2. The van der Waals surface area contributed by atoms with Gasteiger partial charge in [-0.1, -0.05) is 33.6 Å². The minimum Gasteiger partial charge on any atom is -0.478 e. The standard InChI is InChI=1S/C14H8BrClFNO3/c15-7-4-5-9(16)8(6-7)13(19)18-11-3-1-2-10(17)12(11)14(20)21/h1-6H,(H,18,19)(H,20,21). The second-order valence-corrected chi connectivity index (χ2v) is 5.37. The number of rotatable bonds is 3. The number of amides is 1. The molecule has 1 amide bonds. The van der Waals surface area contributed by atoms with Gasteiger partial charge in [-0.15, -0.1) is 0 Å². The normalized spacial score (nSPS) is 10.2. The monoisotopic (exact) mass is 371 g/mol. The lowest BCUT2D eigenvalue weighted by molar-refractivity contribution is 0.0693. The van der Waals surface area contributed by atoms with Crippen molar-refractivity contribution < 1.29 is 19.1 Å². The summed E-state index contributed by atoms with van der Waals surface area (Å²) in [5.74, 6) is -3.03. The Hall–Kier alpha value is -1.92. The Bertz CT molecular complexity index is 736. The first-order chi connectivity index (χ1) is 9.90. The molecule has 0 aliphatic rings. The fourth-order valence-electron chi connectivity index (χ4n) is 1.71. The third kappa shape index (κ3) is 3.40. The highest BCUT2D eigenvalue weighted by Gasteiger charge is 2.19. The van der Waals surface area contributed by atoms with E-state index in [4.69, 9.17) is 16.7 Å². The van der Waals surface area contributed by atoms with Crippen molar-refractivity contribution in [1.29, 1.82) is 0 Å². The molecule has 0 saturated carbocycles. The zero-order valence-electron chi connectivity index (χ0n) is 10.4. The van der Waals surface area contributed by atoms with Gasteiger partial charge in [-0.25, -0.2) is 9.18 Å². The number of hydrogen-bond donors (Lipinski definition) is 2. The zero-order valence-corrected chi connectivity index (χ0v) is 12.7. The van der Waals surface area contributed by atoms with Crippen LogP contribution >= 0.6 is 27.5 Å². The van der Waals surface area contributed by atoms with Crippen molar-refractivity contribution in [2.24, 2.45) is 0 Å². The summed E-state index contributed by atoms with van der Waals surface area (Å²) in [5, 5.41) is 11.6. The Morgan fingerprint density at radius 3 is 2.62 bits per heavy atom. The summed E-state index contributed by atoms with van der Waals surface area (Å²) in [7, 11) is 0. The molecule has 0 aromatic heterocycles. The van der Waals surface area contributed by atoms with Crippen LogP contribution in [0.5, 0.6) is 0 Å². The number of carboxylic acid groups (broad SMARTS) is 1. The van der Waals surface area contributed by atoms with Crippen molar-refractivity contribution in [2.75, 3.05) is 5.32 Å². The van der Waals surface area contributed by atoms with Crippen LogP contribution in [0.4, 0.5) is 10.1 Å². The van der Waals surface area contributed by atoms with Crippen LogP contribution in [0.3, 0.4) is 0 Å². The van der Waals surface area contributed by atoms with Crippen molar-refractivity contribution in [3.05, 3.63) is 62.8 Å². The van der Waals surface area contributed by atoms with Gasteiger partial charge in [-0.3, -0.25) is 4.79 Å². The Morgan fingerprint density at radius 2 is 1.95 bits per heavy atom. The maximum atomic E-state index is 13.5. The Labute approximate surface area is 132 Å². The van der Waals surface area contributed by atoms with Crippen molar-refractivity contribution in [2.45, 2.75) is 0 Å². The van der Waals surface area contributed by atoms with Crippen molar-refractivity contribution in [3.63, 3.8) is 0 Å². The molecule has 7 heteroatoms. The van der Waals surface area contributed by atoms with Crippen LogP contribution in [0.15, 0.2) is 40.9 Å². The molecule has 4 nitrogen and oxygen atoms in total. The minimum atomic E-state index is -1.47. The molecule has 108 valence electrons. The van der Waals surface area contributed by atoms with E-state index in [1.807, 2.05) is 0 Å². The highest BCUT2D eigenvalue weighted by molar-refractivity contribution is 9.10. The second-order valence-electron chi connectivity index (χ2n) is 4.05. The van der Waals surface area contributed by atoms with Gasteiger partial charge in [0.25, 0.3) is 5.91 Å². The van der Waals surface area contributed by atoms with E-state index in [0.29, 0.717) is 4.47 Å². The molecule has 0 atom stereocenters. The average Bonchev–Trinajstić information content (AvgIpc) is 2.41. The smallest absolute Gasteiger partial charge is 0.340 e. The maximum absolute atomic E-state index is 13.5. The molecule has 2 aromatic rings. The third-order valence-electron chi connectivity index (χ3n) is 2.65. The van der Waals surface area contributed by atoms with Crippen molar-refractivity contribution in [3.8, 4) is 0 Å². The number of nitrogens with one attached hydrogen (secondary N) is 1. The maximum Gasteiger partial charge on any atom is 0.340 e. The van der Waals surface area contributed by atoms with E-state index in [2.05, 4.69) is 21.2 Å². The van der Waals surface area contributed by atoms with E-state index in [9.17, 15) is 14.0 Å². The predicted octanol–water partition coefficient (Wildman–Crippen LogP) is 4.19. The number of carbonyl (C=O) groups excluding carboxylic acids is 1. The summed E-state index contributed by atoms with van der Waals surface area (Å²) in [6.45, 7) is 0. The second kappa shape index (κ2) is 6.24. The van der Waals surface area contributed by atoms with Gasteiger partial charge < -0.3 is 10.4 Å². The fraction of sp³-hybridized carbons (Fsp3) is 0. The van der Waals surface area contributed by atoms with Gasteiger partial charge in [-0.05, 0) is 30.3 Å². The molecule has 0 heterocycles. The molecular weight excluding hydrogens is 365 g/mol. The van der Waals surface area contributed by atoms with Crippen LogP contribution in [0.2, 0.25) is 5.02 Å². The molecule has 0 unspecified atom stereocenters. The molecule has 21 heavy (non-hydrogen) atoms. The van der Waals surface area contributed by atoms with E-state index in [1.54, 1.807) is 6.07 Å². The molecule has 0 aliphatic carbocycles. The molecule has 2 rings (SSSR count). The first kappa shape index (κ1) is 15.5. The average molecular weight is 373 g/mol. The lowest BCUT2D eigenvalue weighted by Gasteiger charge is -2.10. The fourth-order valence-corrected chi connectivity index (χ4v) is 2.27. The van der Waals surface area contributed by atoms with Gasteiger partial charge in [0.05, 0.1) is 16.3 Å². The number of anilines is 1. The van der Waals surface area contributed by atoms with Crippen LogP contribution in [0.25, 0.3) is 0 Å². The third-order valence-corrected chi connectivity index (χ3v) is 3.47. The number of benzene rings is 2. The zero-order chi connectivity index (χ0) is 15.6. The van der Waals surface area contributed by atoms with Crippen LogP contribution in [0.1, 0.15) is 20.7 Å². The number of carbonyl (C=O) groups is 2. The van der Waals surface area contributed by atoms with Crippen LogP contribution in [-0.2, 0) is 0 Å². The number of carboxylic acids is 1. The molecule has 0 aliphatic heterocycles. The van der Waals surface area contributed by atoms with E-state index in [1.165, 1.54) is 24.3 Å². The van der Waals surface area contributed by atoms with Gasteiger partial charge in [0.1, 0.15) is 11.4 Å². The van der Waals surface area contributed by atoms with Crippen LogP contribution in [0, 0.1) is 5.82 Å². The summed E-state index contributed by atoms with van der Waals surface area (Å²) in [6.07, 6.45) is 0. The van der Waals surface area contributed by atoms with Crippen LogP contribution < -0.4 is 5.32 Å². The van der Waals surface area contributed by atoms with Gasteiger partial charge >= 0.3 is 5.97 Å². The molecule has 0 saturated heterocycles. The quantitative estimate of drug-likeness (QED) is 0.849. The summed E-state index contributed by atoms with van der Waals surface area (Å²) < 4.78 is 14.2. The van der Waals surface area contributed by atoms with E-state index >= 15 is 0 Å². The minimum absolute atomic E-state index is 0.136. The van der Waals surface area contributed by atoms with Crippen molar-refractivity contribution >= 4 is 45.1 Å². The molecular formula is C14H8BrClFNO3. The highest BCUT2D eigenvalue weighted by Crippen LogP contribution is 2.24. The number of hydrogen-bond acceptors (Lipinski definition) is 2. The van der Waals surface area contributed by atoms with Crippen molar-refractivity contribution in [1.82, 2.24) is 0 Å². The van der Waals surface area contributed by atoms with E-state index < -0.39 is 23.3 Å². The van der Waals surface area contributed by atoms with Gasteiger partial charge in [0.15, 0.2) is 0 Å². The molecule has 0 bridgehead atoms. The molecule has 0 fully saturated rings. The largest absolute Gasteiger partial charge is 0.478 e. The van der Waals surface area contributed by atoms with E-state index in [0.717, 1.165) is 6.07 Å². The van der Waals surface area contributed by atoms with Gasteiger partial charge in [-0.2, -0.15) is 0 Å². The summed E-state index contributed by atoms with van der Waals surface area (Å²) in [5.41, 5.74) is -0.591. The first-order valence-corrected chi connectivity index (χ1v) is 6.85. The van der Waals surface area contributed by atoms with E-state index in [-0.39, 0.29) is 16.3 Å². The molecule has 2 N–H and O–H groups in total. The number of halogens is 3. The lowest BCUT2D eigenvalue weighted by atomic mass is 10.1. The molecule has 2 aromatic carbocycles. The topological polar surface area (TPSA) is 66.4 Å². The molecule has 0 spiro atoms. The Kier molecular flexibility index (Phi) is 4.59.